The number of carbonyl (C=O) groups excluding carboxylic acids is 3. The van der Waals surface area contributed by atoms with Crippen molar-refractivity contribution in [3.05, 3.63) is 65.2 Å². The number of hydrogen-bond acceptors (Lipinski definition) is 6. The number of carbonyl (C=O) groups is 3. The van der Waals surface area contributed by atoms with Crippen LogP contribution in [0.1, 0.15) is 25.3 Å². The molecule has 0 unspecified atom stereocenters. The summed E-state index contributed by atoms with van der Waals surface area (Å²) in [5, 5.41) is 0.548. The largest absolute Gasteiger partial charge is 0.468 e. The van der Waals surface area contributed by atoms with E-state index in [1.807, 2.05) is 30.3 Å². The van der Waals surface area contributed by atoms with E-state index in [2.05, 4.69) is 0 Å². The van der Waals surface area contributed by atoms with E-state index in [1.165, 1.54) is 7.11 Å². The van der Waals surface area contributed by atoms with Gasteiger partial charge in [0.15, 0.2) is 0 Å². The molecular formula is C24H27ClN2O5. The Morgan fingerprint density at radius 3 is 2.47 bits per heavy atom. The third-order valence-corrected chi connectivity index (χ3v) is 5.79. The maximum Gasteiger partial charge on any atom is 0.329 e. The molecule has 0 bridgehead atoms. The van der Waals surface area contributed by atoms with E-state index < -0.39 is 24.0 Å². The van der Waals surface area contributed by atoms with Gasteiger partial charge in [-0.05, 0) is 49.6 Å². The molecular weight excluding hydrogens is 432 g/mol. The molecule has 0 spiro atoms. The van der Waals surface area contributed by atoms with Gasteiger partial charge in [0.05, 0.1) is 7.11 Å². The van der Waals surface area contributed by atoms with Crippen molar-refractivity contribution in [2.24, 2.45) is 0 Å². The van der Waals surface area contributed by atoms with E-state index >= 15 is 0 Å². The zero-order chi connectivity index (χ0) is 23.1. The third-order valence-electron chi connectivity index (χ3n) is 5.54. The van der Waals surface area contributed by atoms with Crippen LogP contribution in [0.15, 0.2) is 54.6 Å². The van der Waals surface area contributed by atoms with Gasteiger partial charge in [-0.1, -0.05) is 41.9 Å². The molecule has 2 atom stereocenters. The average Bonchev–Trinajstić information content (AvgIpc) is 3.31. The van der Waals surface area contributed by atoms with Gasteiger partial charge >= 0.3 is 11.9 Å². The van der Waals surface area contributed by atoms with Crippen molar-refractivity contribution < 1.29 is 23.9 Å². The lowest BCUT2D eigenvalue weighted by Gasteiger charge is -2.33. The molecule has 1 heterocycles. The minimum atomic E-state index is -0.696. The zero-order valence-electron chi connectivity index (χ0n) is 18.2. The van der Waals surface area contributed by atoms with Crippen molar-refractivity contribution in [2.75, 3.05) is 25.1 Å². The van der Waals surface area contributed by atoms with Crippen LogP contribution in [0.3, 0.4) is 0 Å². The van der Waals surface area contributed by atoms with Gasteiger partial charge in [0.25, 0.3) is 0 Å². The fraction of sp³-hybridized carbons (Fsp3) is 0.375. The van der Waals surface area contributed by atoms with Crippen LogP contribution in [0, 0.1) is 0 Å². The fourth-order valence-electron chi connectivity index (χ4n) is 3.76. The van der Waals surface area contributed by atoms with E-state index in [0.717, 1.165) is 5.56 Å². The standard InChI is InChI=1S/C24H27ClN2O5/c1-17(27(15-22(28)31-2)20-12-10-19(25)11-13-20)23(29)26-14-6-9-21(26)24(30)32-16-18-7-4-3-5-8-18/h3-5,7-8,10-13,17,21H,6,9,14-16H2,1-2H3/t17-,21+/m1/s1. The molecule has 1 fully saturated rings. The van der Waals surface area contributed by atoms with Crippen molar-refractivity contribution in [3.8, 4) is 0 Å². The fourth-order valence-corrected chi connectivity index (χ4v) is 3.89. The van der Waals surface area contributed by atoms with Crippen LogP contribution >= 0.6 is 11.6 Å². The summed E-state index contributed by atoms with van der Waals surface area (Å²) in [7, 11) is 1.30. The number of benzene rings is 2. The molecule has 0 saturated carbocycles. The van der Waals surface area contributed by atoms with Gasteiger partial charge in [0.1, 0.15) is 25.2 Å². The summed E-state index contributed by atoms with van der Waals surface area (Å²) >= 11 is 5.99. The summed E-state index contributed by atoms with van der Waals surface area (Å²) in [6, 6.07) is 14.9. The molecule has 0 radical (unpaired) electrons. The van der Waals surface area contributed by atoms with Crippen LogP contribution in [0.2, 0.25) is 5.02 Å². The first-order chi connectivity index (χ1) is 15.4. The van der Waals surface area contributed by atoms with Gasteiger partial charge in [0, 0.05) is 17.3 Å². The van der Waals surface area contributed by atoms with Crippen LogP contribution in [0.25, 0.3) is 0 Å². The van der Waals surface area contributed by atoms with E-state index in [0.29, 0.717) is 30.1 Å². The first-order valence-corrected chi connectivity index (χ1v) is 10.9. The molecule has 32 heavy (non-hydrogen) atoms. The van der Waals surface area contributed by atoms with Crippen molar-refractivity contribution in [3.63, 3.8) is 0 Å². The Bertz CT molecular complexity index is 935. The van der Waals surface area contributed by atoms with E-state index in [9.17, 15) is 14.4 Å². The van der Waals surface area contributed by atoms with E-state index in [1.54, 1.807) is 41.0 Å². The Labute approximate surface area is 192 Å². The molecule has 1 saturated heterocycles. The number of esters is 2. The Kier molecular flexibility index (Phi) is 8.11. The summed E-state index contributed by atoms with van der Waals surface area (Å²) in [6.07, 6.45) is 1.26. The lowest BCUT2D eigenvalue weighted by Crippen LogP contribution is -2.52. The molecule has 2 aromatic carbocycles. The molecule has 1 aliphatic heterocycles. The average molecular weight is 459 g/mol. The highest BCUT2D eigenvalue weighted by molar-refractivity contribution is 6.30. The second-order valence-electron chi connectivity index (χ2n) is 7.64. The highest BCUT2D eigenvalue weighted by Crippen LogP contribution is 2.25. The highest BCUT2D eigenvalue weighted by atomic mass is 35.5. The highest BCUT2D eigenvalue weighted by Gasteiger charge is 2.39. The predicted octanol–water partition coefficient (Wildman–Crippen LogP) is 3.44. The van der Waals surface area contributed by atoms with Crippen LogP contribution in [0.5, 0.6) is 0 Å². The number of anilines is 1. The Morgan fingerprint density at radius 1 is 1.12 bits per heavy atom. The van der Waals surface area contributed by atoms with Crippen LogP contribution in [0.4, 0.5) is 5.69 Å². The van der Waals surface area contributed by atoms with Crippen LogP contribution < -0.4 is 4.90 Å². The summed E-state index contributed by atoms with van der Waals surface area (Å²) < 4.78 is 10.3. The molecule has 0 aromatic heterocycles. The van der Waals surface area contributed by atoms with Gasteiger partial charge in [-0.3, -0.25) is 9.59 Å². The number of nitrogens with zero attached hydrogens (tertiary/aromatic N) is 2. The molecule has 0 N–H and O–H groups in total. The van der Waals surface area contributed by atoms with Gasteiger partial charge in [-0.25, -0.2) is 4.79 Å². The number of likely N-dealkylation sites (tertiary alicyclic amines) is 1. The van der Waals surface area contributed by atoms with E-state index in [-0.39, 0.29) is 19.1 Å². The van der Waals surface area contributed by atoms with Crippen molar-refractivity contribution in [1.29, 1.82) is 0 Å². The van der Waals surface area contributed by atoms with Gasteiger partial charge in [-0.2, -0.15) is 0 Å². The van der Waals surface area contributed by atoms with Crippen molar-refractivity contribution in [2.45, 2.75) is 38.5 Å². The first kappa shape index (κ1) is 23.6. The molecule has 0 aliphatic carbocycles. The molecule has 1 amide bonds. The Morgan fingerprint density at radius 2 is 1.81 bits per heavy atom. The third kappa shape index (κ3) is 5.79. The Balaban J connectivity index is 1.72. The number of halogens is 1. The smallest absolute Gasteiger partial charge is 0.329 e. The molecule has 2 aromatic rings. The molecule has 8 heteroatoms. The summed E-state index contributed by atoms with van der Waals surface area (Å²) in [5.74, 6) is -1.14. The summed E-state index contributed by atoms with van der Waals surface area (Å²) in [6.45, 7) is 2.22. The summed E-state index contributed by atoms with van der Waals surface area (Å²) in [4.78, 5) is 41.3. The number of hydrogen-bond donors (Lipinski definition) is 0. The molecule has 7 nitrogen and oxygen atoms in total. The van der Waals surface area contributed by atoms with Gasteiger partial charge < -0.3 is 19.3 Å². The molecule has 3 rings (SSSR count). The maximum atomic E-state index is 13.4. The lowest BCUT2D eigenvalue weighted by atomic mass is 10.1. The van der Waals surface area contributed by atoms with Crippen LogP contribution in [-0.2, 0) is 30.5 Å². The second-order valence-corrected chi connectivity index (χ2v) is 8.08. The number of rotatable bonds is 8. The molecule has 1 aliphatic rings. The number of ether oxygens (including phenoxy) is 2. The van der Waals surface area contributed by atoms with E-state index in [4.69, 9.17) is 21.1 Å². The topological polar surface area (TPSA) is 76.2 Å². The van der Waals surface area contributed by atoms with Gasteiger partial charge in [0.2, 0.25) is 5.91 Å². The number of amides is 1. The van der Waals surface area contributed by atoms with Crippen LogP contribution in [-0.4, -0.2) is 55.0 Å². The van der Waals surface area contributed by atoms with Gasteiger partial charge in [-0.15, -0.1) is 0 Å². The van der Waals surface area contributed by atoms with Crippen molar-refractivity contribution in [1.82, 2.24) is 4.90 Å². The minimum Gasteiger partial charge on any atom is -0.468 e. The first-order valence-electron chi connectivity index (χ1n) is 10.5. The quantitative estimate of drug-likeness (QED) is 0.564. The number of methoxy groups -OCH3 is 1. The molecule has 170 valence electrons. The minimum absolute atomic E-state index is 0.109. The SMILES string of the molecule is COC(=O)CN(c1ccc(Cl)cc1)[C@H](C)C(=O)N1CCC[C@H]1C(=O)OCc1ccccc1. The summed E-state index contributed by atoms with van der Waals surface area (Å²) in [5.41, 5.74) is 1.54. The van der Waals surface area contributed by atoms with Crippen molar-refractivity contribution >= 4 is 35.1 Å². The predicted molar refractivity (Wildman–Crippen MR) is 121 cm³/mol. The maximum absolute atomic E-state index is 13.4. The zero-order valence-corrected chi connectivity index (χ0v) is 19.0. The monoisotopic (exact) mass is 458 g/mol. The Hall–Kier alpha value is -3.06. The second kappa shape index (κ2) is 11.0. The normalized spacial score (nSPS) is 16.3. The lowest BCUT2D eigenvalue weighted by molar-refractivity contribution is -0.155.